The van der Waals surface area contributed by atoms with Crippen LogP contribution in [0, 0.1) is 0 Å². The normalized spacial score (nSPS) is 10.1. The lowest BCUT2D eigenvalue weighted by atomic mass is 10.4. The number of esters is 1. The van der Waals surface area contributed by atoms with Gasteiger partial charge in [-0.2, -0.15) is 0 Å². The molecule has 18 heavy (non-hydrogen) atoms. The Kier molecular flexibility index (Phi) is 4.17. The predicted octanol–water partition coefficient (Wildman–Crippen LogP) is 3.07. The average Bonchev–Trinajstić information content (AvgIpc) is 2.38. The SMILES string of the molecule is COC(=O)c1cncc(Sc2cccc(Cl)c2)n1. The van der Waals surface area contributed by atoms with Crippen molar-refractivity contribution in [2.24, 2.45) is 0 Å². The Morgan fingerprint density at radius 2 is 2.22 bits per heavy atom. The molecule has 2 aromatic rings. The Morgan fingerprint density at radius 1 is 1.39 bits per heavy atom. The number of hydrogen-bond donors (Lipinski definition) is 0. The number of rotatable bonds is 3. The molecule has 6 heteroatoms. The molecule has 1 aromatic heterocycles. The zero-order valence-corrected chi connectivity index (χ0v) is 11.0. The molecule has 0 amide bonds. The lowest BCUT2D eigenvalue weighted by Gasteiger charge is -2.02. The van der Waals surface area contributed by atoms with Crippen molar-refractivity contribution in [1.29, 1.82) is 0 Å². The predicted molar refractivity (Wildman–Crippen MR) is 68.9 cm³/mol. The van der Waals surface area contributed by atoms with Crippen LogP contribution in [0.15, 0.2) is 46.6 Å². The van der Waals surface area contributed by atoms with Gasteiger partial charge in [-0.25, -0.2) is 9.78 Å². The zero-order valence-electron chi connectivity index (χ0n) is 9.46. The summed E-state index contributed by atoms with van der Waals surface area (Å²) in [5, 5.41) is 1.26. The third-order valence-electron chi connectivity index (χ3n) is 2.03. The highest BCUT2D eigenvalue weighted by Crippen LogP contribution is 2.27. The first kappa shape index (κ1) is 12.9. The van der Waals surface area contributed by atoms with Crippen LogP contribution in [0.25, 0.3) is 0 Å². The van der Waals surface area contributed by atoms with Gasteiger partial charge in [0.15, 0.2) is 5.69 Å². The Bertz CT molecular complexity index is 578. The van der Waals surface area contributed by atoms with Gasteiger partial charge in [0, 0.05) is 9.92 Å². The maximum atomic E-state index is 11.3. The van der Waals surface area contributed by atoms with E-state index in [9.17, 15) is 4.79 Å². The largest absolute Gasteiger partial charge is 0.464 e. The van der Waals surface area contributed by atoms with Crippen molar-refractivity contribution >= 4 is 29.3 Å². The van der Waals surface area contributed by atoms with Crippen LogP contribution in [0.5, 0.6) is 0 Å². The molecular weight excluding hydrogens is 272 g/mol. The molecule has 0 N–H and O–H groups in total. The molecule has 0 bridgehead atoms. The first-order valence-electron chi connectivity index (χ1n) is 5.03. The summed E-state index contributed by atoms with van der Waals surface area (Å²) in [5.74, 6) is -0.504. The summed E-state index contributed by atoms with van der Waals surface area (Å²) in [4.78, 5) is 20.4. The van der Waals surface area contributed by atoms with E-state index in [0.29, 0.717) is 10.0 Å². The number of carbonyl (C=O) groups is 1. The molecule has 1 aromatic carbocycles. The molecule has 0 spiro atoms. The van der Waals surface area contributed by atoms with E-state index in [2.05, 4.69) is 14.7 Å². The van der Waals surface area contributed by atoms with E-state index in [1.165, 1.54) is 25.1 Å². The van der Waals surface area contributed by atoms with Crippen LogP contribution < -0.4 is 0 Å². The molecule has 1 heterocycles. The minimum absolute atomic E-state index is 0.185. The van der Waals surface area contributed by atoms with Crippen LogP contribution >= 0.6 is 23.4 Å². The maximum Gasteiger partial charge on any atom is 0.358 e. The number of carbonyl (C=O) groups excluding carboxylic acids is 1. The summed E-state index contributed by atoms with van der Waals surface area (Å²) < 4.78 is 4.59. The number of methoxy groups -OCH3 is 1. The van der Waals surface area contributed by atoms with Crippen LogP contribution in [0.4, 0.5) is 0 Å². The van der Waals surface area contributed by atoms with Crippen LogP contribution in [-0.2, 0) is 4.74 Å². The number of benzene rings is 1. The third-order valence-corrected chi connectivity index (χ3v) is 3.16. The third kappa shape index (κ3) is 3.21. The van der Waals surface area contributed by atoms with E-state index in [1.54, 1.807) is 12.3 Å². The summed E-state index contributed by atoms with van der Waals surface area (Å²) >= 11 is 7.27. The molecule has 4 nitrogen and oxygen atoms in total. The van der Waals surface area contributed by atoms with E-state index in [-0.39, 0.29) is 5.69 Å². The second-order valence-corrected chi connectivity index (χ2v) is 4.82. The molecule has 0 aliphatic rings. The monoisotopic (exact) mass is 280 g/mol. The van der Waals surface area contributed by atoms with E-state index < -0.39 is 5.97 Å². The number of aromatic nitrogens is 2. The van der Waals surface area contributed by atoms with Gasteiger partial charge >= 0.3 is 5.97 Å². The van der Waals surface area contributed by atoms with Crippen molar-refractivity contribution in [1.82, 2.24) is 9.97 Å². The van der Waals surface area contributed by atoms with Crippen molar-refractivity contribution in [3.05, 3.63) is 47.4 Å². The molecule has 0 unspecified atom stereocenters. The minimum atomic E-state index is -0.504. The number of ether oxygens (including phenoxy) is 1. The van der Waals surface area contributed by atoms with Crippen LogP contribution in [0.2, 0.25) is 5.02 Å². The maximum absolute atomic E-state index is 11.3. The van der Waals surface area contributed by atoms with Crippen molar-refractivity contribution in [2.75, 3.05) is 7.11 Å². The summed E-state index contributed by atoms with van der Waals surface area (Å²) in [6.07, 6.45) is 2.95. The van der Waals surface area contributed by atoms with Gasteiger partial charge in [0.2, 0.25) is 0 Å². The van der Waals surface area contributed by atoms with Gasteiger partial charge in [0.1, 0.15) is 5.03 Å². The van der Waals surface area contributed by atoms with E-state index in [1.807, 2.05) is 18.2 Å². The zero-order chi connectivity index (χ0) is 13.0. The van der Waals surface area contributed by atoms with Crippen molar-refractivity contribution < 1.29 is 9.53 Å². The second-order valence-electron chi connectivity index (χ2n) is 3.29. The first-order valence-corrected chi connectivity index (χ1v) is 6.22. The fraction of sp³-hybridized carbons (Fsp3) is 0.0833. The van der Waals surface area contributed by atoms with Gasteiger partial charge in [-0.05, 0) is 18.2 Å². The number of hydrogen-bond acceptors (Lipinski definition) is 5. The Balaban J connectivity index is 2.22. The molecule has 0 saturated carbocycles. The highest BCUT2D eigenvalue weighted by atomic mass is 35.5. The Hall–Kier alpha value is -1.59. The molecule has 0 aliphatic carbocycles. The molecule has 0 saturated heterocycles. The van der Waals surface area contributed by atoms with E-state index in [4.69, 9.17) is 11.6 Å². The van der Waals surface area contributed by atoms with Crippen molar-refractivity contribution in [2.45, 2.75) is 9.92 Å². The van der Waals surface area contributed by atoms with Crippen LogP contribution in [-0.4, -0.2) is 23.0 Å². The summed E-state index contributed by atoms with van der Waals surface area (Å²) in [5.41, 5.74) is 0.185. The van der Waals surface area contributed by atoms with Gasteiger partial charge in [-0.15, -0.1) is 0 Å². The fourth-order valence-electron chi connectivity index (χ4n) is 1.25. The van der Waals surface area contributed by atoms with Gasteiger partial charge in [-0.3, -0.25) is 4.98 Å². The highest BCUT2D eigenvalue weighted by Gasteiger charge is 2.09. The van der Waals surface area contributed by atoms with E-state index in [0.717, 1.165) is 4.90 Å². The molecule has 0 fully saturated rings. The summed E-state index contributed by atoms with van der Waals surface area (Å²) in [6, 6.07) is 7.37. The van der Waals surface area contributed by atoms with Gasteiger partial charge < -0.3 is 4.74 Å². The molecular formula is C12H9ClN2O2S. The van der Waals surface area contributed by atoms with Gasteiger partial charge in [-0.1, -0.05) is 29.4 Å². The second kappa shape index (κ2) is 5.84. The van der Waals surface area contributed by atoms with Crippen molar-refractivity contribution in [3.63, 3.8) is 0 Å². The van der Waals surface area contributed by atoms with Crippen LogP contribution in [0.3, 0.4) is 0 Å². The Morgan fingerprint density at radius 3 is 2.94 bits per heavy atom. The fourth-order valence-corrected chi connectivity index (χ4v) is 2.34. The molecule has 0 radical (unpaired) electrons. The van der Waals surface area contributed by atoms with Crippen LogP contribution in [0.1, 0.15) is 10.5 Å². The smallest absolute Gasteiger partial charge is 0.358 e. The topological polar surface area (TPSA) is 52.1 Å². The lowest BCUT2D eigenvalue weighted by Crippen LogP contribution is -2.05. The quantitative estimate of drug-likeness (QED) is 0.809. The average molecular weight is 281 g/mol. The molecule has 0 aliphatic heterocycles. The first-order chi connectivity index (χ1) is 8.69. The van der Waals surface area contributed by atoms with Crippen molar-refractivity contribution in [3.8, 4) is 0 Å². The molecule has 0 atom stereocenters. The summed E-state index contributed by atoms with van der Waals surface area (Å²) in [6.45, 7) is 0. The standard InChI is InChI=1S/C12H9ClN2O2S/c1-17-12(16)10-6-14-7-11(15-10)18-9-4-2-3-8(13)5-9/h2-7H,1H3. The van der Waals surface area contributed by atoms with E-state index >= 15 is 0 Å². The lowest BCUT2D eigenvalue weighted by molar-refractivity contribution is 0.0592. The van der Waals surface area contributed by atoms with Gasteiger partial charge in [0.05, 0.1) is 19.5 Å². The summed E-state index contributed by atoms with van der Waals surface area (Å²) in [7, 11) is 1.31. The minimum Gasteiger partial charge on any atom is -0.464 e. The highest BCUT2D eigenvalue weighted by molar-refractivity contribution is 7.99. The number of nitrogens with zero attached hydrogens (tertiary/aromatic N) is 2. The molecule has 92 valence electrons. The number of halogens is 1. The molecule has 2 rings (SSSR count). The Labute approximate surface area is 113 Å². The van der Waals surface area contributed by atoms with Gasteiger partial charge in [0.25, 0.3) is 0 Å².